The molecule has 132 valence electrons. The van der Waals surface area contributed by atoms with Crippen LogP contribution in [-0.2, 0) is 4.74 Å². The molecule has 0 unspecified atom stereocenters. The van der Waals surface area contributed by atoms with Crippen LogP contribution in [0.25, 0.3) is 0 Å². The molecule has 2 aromatic rings. The minimum atomic E-state index is -0.622. The molecular weight excluding hydrogens is 344 g/mol. The number of benzene rings is 2. The highest BCUT2D eigenvalue weighted by atomic mass is 35.5. The van der Waals surface area contributed by atoms with Crippen LogP contribution in [0, 0.1) is 6.92 Å². The monoisotopic (exact) mass is 362 g/mol. The van der Waals surface area contributed by atoms with Crippen molar-refractivity contribution in [3.8, 4) is 5.75 Å². The standard InChI is InChI=1S/C18H19ClN2O4/c1-12-4-3-5-16(10-12)25-17(22)20-11-13(2)24-18(23)21-15-8-6-14(19)7-9-15/h3-10,13H,11H2,1-2H3,(H,20,22)(H,21,23)/t13-/m0/s1. The third-order valence-corrected chi connectivity index (χ3v) is 3.38. The van der Waals surface area contributed by atoms with Crippen LogP contribution in [0.5, 0.6) is 5.75 Å². The van der Waals surface area contributed by atoms with Gasteiger partial charge in [-0.25, -0.2) is 9.59 Å². The molecule has 2 amide bonds. The van der Waals surface area contributed by atoms with Crippen molar-refractivity contribution in [3.63, 3.8) is 0 Å². The third-order valence-electron chi connectivity index (χ3n) is 3.13. The molecule has 2 N–H and O–H groups in total. The maximum absolute atomic E-state index is 11.8. The Hall–Kier alpha value is -2.73. The Labute approximate surface area is 151 Å². The Morgan fingerprint density at radius 2 is 1.84 bits per heavy atom. The average Bonchev–Trinajstić information content (AvgIpc) is 2.55. The van der Waals surface area contributed by atoms with Crippen molar-refractivity contribution >= 4 is 29.5 Å². The van der Waals surface area contributed by atoms with E-state index < -0.39 is 18.3 Å². The first-order valence-corrected chi connectivity index (χ1v) is 8.06. The lowest BCUT2D eigenvalue weighted by atomic mass is 10.2. The fourth-order valence-electron chi connectivity index (χ4n) is 1.95. The van der Waals surface area contributed by atoms with E-state index in [4.69, 9.17) is 21.1 Å². The number of hydrogen-bond donors (Lipinski definition) is 2. The summed E-state index contributed by atoms with van der Waals surface area (Å²) < 4.78 is 10.3. The summed E-state index contributed by atoms with van der Waals surface area (Å²) in [7, 11) is 0. The number of amides is 2. The van der Waals surface area contributed by atoms with Gasteiger partial charge in [0, 0.05) is 10.7 Å². The minimum Gasteiger partial charge on any atom is -0.444 e. The number of carbonyl (C=O) groups is 2. The lowest BCUT2D eigenvalue weighted by Gasteiger charge is -2.15. The second kappa shape index (κ2) is 8.94. The summed E-state index contributed by atoms with van der Waals surface area (Å²) >= 11 is 5.77. The van der Waals surface area contributed by atoms with Gasteiger partial charge in [0.2, 0.25) is 0 Å². The normalized spacial score (nSPS) is 11.3. The average molecular weight is 363 g/mol. The maximum Gasteiger partial charge on any atom is 0.412 e. The van der Waals surface area contributed by atoms with Gasteiger partial charge in [-0.05, 0) is 55.8 Å². The summed E-state index contributed by atoms with van der Waals surface area (Å²) in [6.45, 7) is 3.69. The molecule has 0 saturated carbocycles. The summed E-state index contributed by atoms with van der Waals surface area (Å²) in [5.74, 6) is 0.451. The SMILES string of the molecule is Cc1cccc(OC(=O)NC[C@H](C)OC(=O)Nc2ccc(Cl)cc2)c1. The largest absolute Gasteiger partial charge is 0.444 e. The molecule has 2 rings (SSSR count). The van der Waals surface area contributed by atoms with E-state index in [9.17, 15) is 9.59 Å². The van der Waals surface area contributed by atoms with Crippen LogP contribution in [0.2, 0.25) is 5.02 Å². The summed E-state index contributed by atoms with van der Waals surface area (Å²) in [6, 6.07) is 13.8. The van der Waals surface area contributed by atoms with Gasteiger partial charge in [-0.15, -0.1) is 0 Å². The molecule has 1 atom stereocenters. The van der Waals surface area contributed by atoms with Crippen molar-refractivity contribution in [3.05, 3.63) is 59.1 Å². The van der Waals surface area contributed by atoms with E-state index in [1.165, 1.54) is 0 Å². The molecule has 0 aliphatic carbocycles. The van der Waals surface area contributed by atoms with Crippen molar-refractivity contribution in [1.82, 2.24) is 5.32 Å². The summed E-state index contributed by atoms with van der Waals surface area (Å²) in [5, 5.41) is 5.69. The molecule has 0 bridgehead atoms. The van der Waals surface area contributed by atoms with Gasteiger partial charge in [0.05, 0.1) is 6.54 Å². The number of aryl methyl sites for hydroxylation is 1. The zero-order valence-electron chi connectivity index (χ0n) is 13.9. The minimum absolute atomic E-state index is 0.124. The first kappa shape index (κ1) is 18.6. The number of anilines is 1. The van der Waals surface area contributed by atoms with Crippen molar-refractivity contribution in [2.45, 2.75) is 20.0 Å². The van der Waals surface area contributed by atoms with Gasteiger partial charge < -0.3 is 14.8 Å². The molecule has 0 aromatic heterocycles. The summed E-state index contributed by atoms with van der Waals surface area (Å²) in [6.07, 6.45) is -1.76. The van der Waals surface area contributed by atoms with Crippen LogP contribution in [0.4, 0.5) is 15.3 Å². The van der Waals surface area contributed by atoms with E-state index >= 15 is 0 Å². The number of carbonyl (C=O) groups excluding carboxylic acids is 2. The summed E-state index contributed by atoms with van der Waals surface area (Å²) in [5.41, 5.74) is 1.55. The third kappa shape index (κ3) is 6.73. The fraction of sp³-hybridized carbons (Fsp3) is 0.222. The highest BCUT2D eigenvalue weighted by molar-refractivity contribution is 6.30. The van der Waals surface area contributed by atoms with E-state index in [1.807, 2.05) is 13.0 Å². The number of halogens is 1. The molecule has 0 saturated heterocycles. The van der Waals surface area contributed by atoms with Crippen molar-refractivity contribution in [1.29, 1.82) is 0 Å². The van der Waals surface area contributed by atoms with Crippen LogP contribution < -0.4 is 15.4 Å². The van der Waals surface area contributed by atoms with Crippen LogP contribution in [-0.4, -0.2) is 24.8 Å². The maximum atomic E-state index is 11.8. The molecule has 0 heterocycles. The van der Waals surface area contributed by atoms with Crippen molar-refractivity contribution in [2.24, 2.45) is 0 Å². The van der Waals surface area contributed by atoms with E-state index in [1.54, 1.807) is 49.4 Å². The van der Waals surface area contributed by atoms with Gasteiger partial charge >= 0.3 is 12.2 Å². The van der Waals surface area contributed by atoms with Crippen molar-refractivity contribution in [2.75, 3.05) is 11.9 Å². The zero-order valence-corrected chi connectivity index (χ0v) is 14.7. The van der Waals surface area contributed by atoms with Crippen LogP contribution >= 0.6 is 11.6 Å². The zero-order chi connectivity index (χ0) is 18.2. The second-order valence-electron chi connectivity index (χ2n) is 5.43. The number of hydrogen-bond acceptors (Lipinski definition) is 4. The highest BCUT2D eigenvalue weighted by Gasteiger charge is 2.12. The number of ether oxygens (including phenoxy) is 2. The van der Waals surface area contributed by atoms with E-state index in [2.05, 4.69) is 10.6 Å². The topological polar surface area (TPSA) is 76.7 Å². The number of rotatable bonds is 5. The predicted molar refractivity (Wildman–Crippen MR) is 96.2 cm³/mol. The second-order valence-corrected chi connectivity index (χ2v) is 5.87. The molecular formula is C18H19ClN2O4. The molecule has 6 nitrogen and oxygen atoms in total. The van der Waals surface area contributed by atoms with E-state index in [0.29, 0.717) is 16.5 Å². The molecule has 0 fully saturated rings. The smallest absolute Gasteiger partial charge is 0.412 e. The molecule has 0 aliphatic rings. The van der Waals surface area contributed by atoms with Gasteiger partial charge in [0.15, 0.2) is 0 Å². The lowest BCUT2D eigenvalue weighted by Crippen LogP contribution is -2.35. The molecule has 0 aliphatic heterocycles. The molecule has 25 heavy (non-hydrogen) atoms. The highest BCUT2D eigenvalue weighted by Crippen LogP contribution is 2.14. The Bertz CT molecular complexity index is 734. The van der Waals surface area contributed by atoms with Crippen LogP contribution in [0.3, 0.4) is 0 Å². The summed E-state index contributed by atoms with van der Waals surface area (Å²) in [4.78, 5) is 23.5. The Balaban J connectivity index is 1.72. The fourth-order valence-corrected chi connectivity index (χ4v) is 2.08. The first-order valence-electron chi connectivity index (χ1n) is 7.68. The van der Waals surface area contributed by atoms with E-state index in [0.717, 1.165) is 5.56 Å². The predicted octanol–water partition coefficient (Wildman–Crippen LogP) is 4.37. The van der Waals surface area contributed by atoms with Gasteiger partial charge in [-0.3, -0.25) is 5.32 Å². The Morgan fingerprint density at radius 3 is 2.52 bits per heavy atom. The molecule has 0 spiro atoms. The van der Waals surface area contributed by atoms with Crippen LogP contribution in [0.15, 0.2) is 48.5 Å². The molecule has 0 radical (unpaired) electrons. The Morgan fingerprint density at radius 1 is 1.12 bits per heavy atom. The molecule has 7 heteroatoms. The first-order chi connectivity index (χ1) is 11.9. The van der Waals surface area contributed by atoms with Gasteiger partial charge in [-0.2, -0.15) is 0 Å². The quantitative estimate of drug-likeness (QED) is 0.827. The van der Waals surface area contributed by atoms with Crippen molar-refractivity contribution < 1.29 is 19.1 Å². The van der Waals surface area contributed by atoms with Gasteiger partial charge in [0.1, 0.15) is 11.9 Å². The van der Waals surface area contributed by atoms with E-state index in [-0.39, 0.29) is 6.54 Å². The van der Waals surface area contributed by atoms with Gasteiger partial charge in [-0.1, -0.05) is 23.7 Å². The lowest BCUT2D eigenvalue weighted by molar-refractivity contribution is 0.118. The Kier molecular flexibility index (Phi) is 6.65. The van der Waals surface area contributed by atoms with Crippen LogP contribution in [0.1, 0.15) is 12.5 Å². The van der Waals surface area contributed by atoms with Gasteiger partial charge in [0.25, 0.3) is 0 Å². The molecule has 2 aromatic carbocycles. The number of nitrogens with one attached hydrogen (secondary N) is 2.